The number of nitrogens with zero attached hydrogens (tertiary/aromatic N) is 3. The average molecular weight is 262 g/mol. The topological polar surface area (TPSA) is 91.8 Å². The van der Waals surface area contributed by atoms with Crippen molar-refractivity contribution in [2.75, 3.05) is 5.32 Å². The number of nitro groups is 1. The van der Waals surface area contributed by atoms with Crippen LogP contribution in [-0.2, 0) is 0 Å². The molecule has 0 aliphatic carbocycles. The van der Waals surface area contributed by atoms with E-state index in [1.54, 1.807) is 0 Å². The van der Waals surface area contributed by atoms with Crippen molar-refractivity contribution in [1.29, 1.82) is 5.26 Å². The number of rotatable bonds is 6. The predicted molar refractivity (Wildman–Crippen MR) is 72.8 cm³/mol. The highest BCUT2D eigenvalue weighted by Crippen LogP contribution is 2.20. The predicted octanol–water partition coefficient (Wildman–Crippen LogP) is 3.10. The Morgan fingerprint density at radius 1 is 1.58 bits per heavy atom. The molecule has 6 nitrogen and oxygen atoms in total. The van der Waals surface area contributed by atoms with Gasteiger partial charge in [0.2, 0.25) is 0 Å². The van der Waals surface area contributed by atoms with E-state index in [0.717, 1.165) is 12.8 Å². The van der Waals surface area contributed by atoms with Crippen molar-refractivity contribution in [2.45, 2.75) is 39.7 Å². The van der Waals surface area contributed by atoms with Crippen LogP contribution in [0.4, 0.5) is 11.5 Å². The first-order chi connectivity index (χ1) is 8.97. The molecule has 1 N–H and O–H groups in total. The van der Waals surface area contributed by atoms with E-state index in [0.29, 0.717) is 11.7 Å². The number of nitriles is 1. The van der Waals surface area contributed by atoms with Gasteiger partial charge in [0.05, 0.1) is 4.92 Å². The Balaban J connectivity index is 2.84. The Labute approximate surface area is 112 Å². The van der Waals surface area contributed by atoms with Crippen molar-refractivity contribution in [3.63, 3.8) is 0 Å². The summed E-state index contributed by atoms with van der Waals surface area (Å²) >= 11 is 0. The lowest BCUT2D eigenvalue weighted by atomic mass is 10.0. The van der Waals surface area contributed by atoms with Gasteiger partial charge in [-0.15, -0.1) is 0 Å². The molecular weight excluding hydrogens is 244 g/mol. The Kier molecular flexibility index (Phi) is 5.24. The monoisotopic (exact) mass is 262 g/mol. The van der Waals surface area contributed by atoms with Crippen molar-refractivity contribution in [2.24, 2.45) is 5.92 Å². The molecule has 1 rings (SSSR count). The van der Waals surface area contributed by atoms with E-state index in [4.69, 9.17) is 5.26 Å². The molecule has 0 saturated carbocycles. The van der Waals surface area contributed by atoms with Crippen LogP contribution < -0.4 is 5.32 Å². The van der Waals surface area contributed by atoms with E-state index >= 15 is 0 Å². The quantitative estimate of drug-likeness (QED) is 0.628. The fourth-order valence-corrected chi connectivity index (χ4v) is 1.82. The molecule has 0 aliphatic heterocycles. The molecule has 2 unspecified atom stereocenters. The van der Waals surface area contributed by atoms with Crippen molar-refractivity contribution in [3.05, 3.63) is 27.9 Å². The molecule has 2 atom stereocenters. The van der Waals surface area contributed by atoms with E-state index < -0.39 is 4.92 Å². The molecule has 0 bridgehead atoms. The van der Waals surface area contributed by atoms with Crippen LogP contribution in [0.1, 0.15) is 39.2 Å². The Bertz CT molecular complexity index is 496. The van der Waals surface area contributed by atoms with E-state index in [1.165, 1.54) is 12.3 Å². The standard InChI is InChI=1S/C13H18N4O2/c1-4-9(2)5-10(3)16-13-11(7-14)6-12(8-15-13)17(18)19/h6,8-10H,4-5H2,1-3H3,(H,15,16). The van der Waals surface area contributed by atoms with E-state index in [-0.39, 0.29) is 17.3 Å². The van der Waals surface area contributed by atoms with Gasteiger partial charge in [-0.3, -0.25) is 10.1 Å². The van der Waals surface area contributed by atoms with Crippen LogP contribution in [0.3, 0.4) is 0 Å². The van der Waals surface area contributed by atoms with Gasteiger partial charge in [-0.25, -0.2) is 4.98 Å². The minimum absolute atomic E-state index is 0.163. The van der Waals surface area contributed by atoms with Gasteiger partial charge in [0.1, 0.15) is 23.6 Å². The summed E-state index contributed by atoms with van der Waals surface area (Å²) in [7, 11) is 0. The smallest absolute Gasteiger partial charge is 0.289 e. The summed E-state index contributed by atoms with van der Waals surface area (Å²) in [5.41, 5.74) is 0.0295. The van der Waals surface area contributed by atoms with Crippen molar-refractivity contribution >= 4 is 11.5 Å². The van der Waals surface area contributed by atoms with Gasteiger partial charge in [-0.2, -0.15) is 5.26 Å². The van der Waals surface area contributed by atoms with Gasteiger partial charge in [-0.1, -0.05) is 20.3 Å². The number of anilines is 1. The number of aromatic nitrogens is 1. The maximum absolute atomic E-state index is 10.6. The van der Waals surface area contributed by atoms with Gasteiger partial charge < -0.3 is 5.32 Å². The lowest BCUT2D eigenvalue weighted by molar-refractivity contribution is -0.385. The molecule has 0 aromatic carbocycles. The van der Waals surface area contributed by atoms with Crippen molar-refractivity contribution in [3.8, 4) is 6.07 Å². The van der Waals surface area contributed by atoms with Crippen LogP contribution in [0.25, 0.3) is 0 Å². The lowest BCUT2D eigenvalue weighted by Gasteiger charge is -2.18. The third-order valence-electron chi connectivity index (χ3n) is 3.04. The third kappa shape index (κ3) is 4.21. The first kappa shape index (κ1) is 14.9. The summed E-state index contributed by atoms with van der Waals surface area (Å²) in [6, 6.07) is 3.34. The zero-order valence-corrected chi connectivity index (χ0v) is 11.4. The summed E-state index contributed by atoms with van der Waals surface area (Å²) in [6.45, 7) is 6.30. The van der Waals surface area contributed by atoms with Crippen LogP contribution in [0.2, 0.25) is 0 Å². The molecule has 0 saturated heterocycles. The molecule has 1 aromatic rings. The highest BCUT2D eigenvalue weighted by atomic mass is 16.6. The largest absolute Gasteiger partial charge is 0.367 e. The van der Waals surface area contributed by atoms with Gasteiger partial charge >= 0.3 is 0 Å². The molecule has 0 fully saturated rings. The zero-order chi connectivity index (χ0) is 14.4. The molecule has 0 radical (unpaired) electrons. The highest BCUT2D eigenvalue weighted by molar-refractivity contribution is 5.55. The van der Waals surface area contributed by atoms with Crippen molar-refractivity contribution in [1.82, 2.24) is 4.98 Å². The Hall–Kier alpha value is -2.16. The van der Waals surface area contributed by atoms with Crippen LogP contribution in [0, 0.1) is 27.4 Å². The molecule has 102 valence electrons. The second-order valence-corrected chi connectivity index (χ2v) is 4.75. The van der Waals surface area contributed by atoms with Gasteiger partial charge in [0, 0.05) is 12.1 Å². The molecule has 1 aromatic heterocycles. The lowest BCUT2D eigenvalue weighted by Crippen LogP contribution is -2.19. The highest BCUT2D eigenvalue weighted by Gasteiger charge is 2.14. The Morgan fingerprint density at radius 3 is 2.79 bits per heavy atom. The van der Waals surface area contributed by atoms with Crippen LogP contribution in [-0.4, -0.2) is 15.9 Å². The van der Waals surface area contributed by atoms with Gasteiger partial charge in [0.15, 0.2) is 0 Å². The number of nitrogens with one attached hydrogen (secondary N) is 1. The van der Waals surface area contributed by atoms with E-state index in [1.807, 2.05) is 13.0 Å². The van der Waals surface area contributed by atoms with Crippen LogP contribution in [0.5, 0.6) is 0 Å². The number of pyridine rings is 1. The number of hydrogen-bond donors (Lipinski definition) is 1. The summed E-state index contributed by atoms with van der Waals surface area (Å²) in [4.78, 5) is 14.0. The Morgan fingerprint density at radius 2 is 2.26 bits per heavy atom. The fourth-order valence-electron chi connectivity index (χ4n) is 1.82. The maximum atomic E-state index is 10.6. The SMILES string of the molecule is CCC(C)CC(C)Nc1ncc([N+](=O)[O-])cc1C#N. The van der Waals surface area contributed by atoms with E-state index in [9.17, 15) is 10.1 Å². The summed E-state index contributed by atoms with van der Waals surface area (Å²) in [5, 5.41) is 22.8. The maximum Gasteiger partial charge on any atom is 0.289 e. The fraction of sp³-hybridized carbons (Fsp3) is 0.538. The molecular formula is C13H18N4O2. The normalized spacial score (nSPS) is 13.4. The third-order valence-corrected chi connectivity index (χ3v) is 3.04. The van der Waals surface area contributed by atoms with Crippen molar-refractivity contribution < 1.29 is 4.92 Å². The molecule has 6 heteroatoms. The first-order valence-electron chi connectivity index (χ1n) is 6.29. The second kappa shape index (κ2) is 6.69. The molecule has 0 spiro atoms. The first-order valence-corrected chi connectivity index (χ1v) is 6.29. The molecule has 19 heavy (non-hydrogen) atoms. The average Bonchev–Trinajstić information content (AvgIpc) is 2.38. The number of hydrogen-bond acceptors (Lipinski definition) is 5. The zero-order valence-electron chi connectivity index (χ0n) is 11.4. The minimum Gasteiger partial charge on any atom is -0.367 e. The molecule has 0 amide bonds. The summed E-state index contributed by atoms with van der Waals surface area (Å²) in [5.74, 6) is 0.981. The van der Waals surface area contributed by atoms with Crippen LogP contribution in [0.15, 0.2) is 12.3 Å². The summed E-state index contributed by atoms with van der Waals surface area (Å²) in [6.07, 6.45) is 3.21. The van der Waals surface area contributed by atoms with Crippen LogP contribution >= 0.6 is 0 Å². The van der Waals surface area contributed by atoms with E-state index in [2.05, 4.69) is 24.1 Å². The second-order valence-electron chi connectivity index (χ2n) is 4.75. The molecule has 1 heterocycles. The molecule has 0 aliphatic rings. The van der Waals surface area contributed by atoms with Gasteiger partial charge in [0.25, 0.3) is 5.69 Å². The minimum atomic E-state index is -0.555. The van der Waals surface area contributed by atoms with Gasteiger partial charge in [-0.05, 0) is 19.3 Å². The summed E-state index contributed by atoms with van der Waals surface area (Å²) < 4.78 is 0.